The first-order valence-electron chi connectivity index (χ1n) is 10.5. The number of rotatable bonds is 7. The zero-order valence-corrected chi connectivity index (χ0v) is 18.7. The number of nitrogens with zero attached hydrogens (tertiary/aromatic N) is 1. The average molecular weight is 442 g/mol. The maximum Gasteiger partial charge on any atom is 0.251 e. The van der Waals surface area contributed by atoms with E-state index in [9.17, 15) is 4.79 Å². The fourth-order valence-corrected chi connectivity index (χ4v) is 3.44. The van der Waals surface area contributed by atoms with Crippen LogP contribution >= 0.6 is 0 Å². The molecule has 0 unspecified atom stereocenters. The van der Waals surface area contributed by atoms with E-state index in [0.29, 0.717) is 17.1 Å². The molecule has 33 heavy (non-hydrogen) atoms. The molecule has 0 atom stereocenters. The van der Waals surface area contributed by atoms with Gasteiger partial charge in [-0.3, -0.25) is 9.78 Å². The monoisotopic (exact) mass is 441 g/mol. The van der Waals surface area contributed by atoms with Gasteiger partial charge in [0.1, 0.15) is 11.5 Å². The van der Waals surface area contributed by atoms with E-state index in [4.69, 9.17) is 10.1 Å². The van der Waals surface area contributed by atoms with Gasteiger partial charge in [0, 0.05) is 67.1 Å². The Kier molecular flexibility index (Phi) is 7.79. The number of hydrogen-bond donors (Lipinski definition) is 4. The highest BCUT2D eigenvalue weighted by atomic mass is 16.5. The second kappa shape index (κ2) is 10.9. The number of ether oxygens (including phenoxy) is 1. The molecule has 7 heteroatoms. The summed E-state index contributed by atoms with van der Waals surface area (Å²) in [4.78, 5) is 16.9. The summed E-state index contributed by atoms with van der Waals surface area (Å²) in [5.74, 6) is 1.28. The Morgan fingerprint density at radius 1 is 1.15 bits per heavy atom. The van der Waals surface area contributed by atoms with E-state index in [0.717, 1.165) is 41.2 Å². The molecule has 4 rings (SSSR count). The number of amides is 1. The van der Waals surface area contributed by atoms with Crippen LogP contribution in [-0.2, 0) is 0 Å². The summed E-state index contributed by atoms with van der Waals surface area (Å²) >= 11 is 0. The molecule has 1 aliphatic rings. The zero-order chi connectivity index (χ0) is 23.8. The number of pyridine rings is 1. The average Bonchev–Trinajstić information content (AvgIpc) is 2.82. The molecule has 0 aliphatic carbocycles. The van der Waals surface area contributed by atoms with Crippen molar-refractivity contribution in [3.05, 3.63) is 71.4 Å². The van der Waals surface area contributed by atoms with Crippen LogP contribution in [0.2, 0.25) is 0 Å². The van der Waals surface area contributed by atoms with Gasteiger partial charge in [-0.1, -0.05) is 6.07 Å². The molecule has 2 heterocycles. The van der Waals surface area contributed by atoms with E-state index < -0.39 is 0 Å². The van der Waals surface area contributed by atoms with Crippen LogP contribution in [0.15, 0.2) is 54.7 Å². The molecular weight excluding hydrogens is 414 g/mol. The van der Waals surface area contributed by atoms with Crippen LogP contribution < -0.4 is 20.7 Å². The summed E-state index contributed by atoms with van der Waals surface area (Å²) in [6.45, 7) is 3.57. The normalized spacial score (nSPS) is 12.5. The lowest BCUT2D eigenvalue weighted by atomic mass is 10.0. The minimum absolute atomic E-state index is 0.0469. The molecule has 7 nitrogen and oxygen atoms in total. The van der Waals surface area contributed by atoms with Crippen LogP contribution in [0.5, 0.6) is 11.5 Å². The van der Waals surface area contributed by atoms with E-state index >= 15 is 0 Å². The SMILES string of the molecule is C#C.CNc1cc(Oc2ccnc(-c3ccc(C(=O)NC4CNC4)c(C)c3)c2)ccc1C=N. The quantitative estimate of drug-likeness (QED) is 0.330. The van der Waals surface area contributed by atoms with E-state index in [1.165, 1.54) is 6.21 Å². The molecule has 1 fully saturated rings. The summed E-state index contributed by atoms with van der Waals surface area (Å²) in [6.07, 6.45) is 11.0. The van der Waals surface area contributed by atoms with Gasteiger partial charge in [-0.2, -0.15) is 0 Å². The first-order chi connectivity index (χ1) is 16.1. The second-order valence-corrected chi connectivity index (χ2v) is 7.48. The molecule has 0 spiro atoms. The summed E-state index contributed by atoms with van der Waals surface area (Å²) in [6, 6.07) is 15.1. The van der Waals surface area contributed by atoms with Gasteiger partial charge in [0.05, 0.1) is 11.7 Å². The van der Waals surface area contributed by atoms with E-state index in [-0.39, 0.29) is 11.9 Å². The summed E-state index contributed by atoms with van der Waals surface area (Å²) in [5, 5.41) is 16.7. The molecule has 4 N–H and O–H groups in total. The Labute approximate surface area is 194 Å². The van der Waals surface area contributed by atoms with Crippen molar-refractivity contribution in [3.63, 3.8) is 0 Å². The first-order valence-corrected chi connectivity index (χ1v) is 10.5. The molecule has 2 aromatic carbocycles. The lowest BCUT2D eigenvalue weighted by Crippen LogP contribution is -2.57. The fraction of sp³-hybridized carbons (Fsp3) is 0.192. The summed E-state index contributed by atoms with van der Waals surface area (Å²) in [7, 11) is 1.81. The lowest BCUT2D eigenvalue weighted by Gasteiger charge is -2.28. The number of hydrogen-bond acceptors (Lipinski definition) is 6. The second-order valence-electron chi connectivity index (χ2n) is 7.48. The maximum atomic E-state index is 12.5. The Balaban J connectivity index is 0.00000149. The third-order valence-corrected chi connectivity index (χ3v) is 5.30. The van der Waals surface area contributed by atoms with Gasteiger partial charge in [-0.05, 0) is 42.8 Å². The minimum atomic E-state index is -0.0469. The number of carbonyl (C=O) groups excluding carboxylic acids is 1. The molecule has 1 aliphatic heterocycles. The number of aryl methyl sites for hydroxylation is 1. The topological polar surface area (TPSA) is 99.1 Å². The number of aromatic nitrogens is 1. The van der Waals surface area contributed by atoms with Gasteiger partial charge in [0.2, 0.25) is 0 Å². The Morgan fingerprint density at radius 2 is 1.91 bits per heavy atom. The predicted octanol–water partition coefficient (Wildman–Crippen LogP) is 3.84. The van der Waals surface area contributed by atoms with Crippen molar-refractivity contribution in [3.8, 4) is 35.6 Å². The van der Waals surface area contributed by atoms with Gasteiger partial charge >= 0.3 is 0 Å². The highest BCUT2D eigenvalue weighted by molar-refractivity contribution is 5.96. The lowest BCUT2D eigenvalue weighted by molar-refractivity contribution is 0.0923. The van der Waals surface area contributed by atoms with Crippen LogP contribution in [0.1, 0.15) is 21.5 Å². The predicted molar refractivity (Wildman–Crippen MR) is 132 cm³/mol. The maximum absolute atomic E-state index is 12.5. The zero-order valence-electron chi connectivity index (χ0n) is 18.7. The molecule has 0 bridgehead atoms. The van der Waals surface area contributed by atoms with Crippen molar-refractivity contribution < 1.29 is 9.53 Å². The van der Waals surface area contributed by atoms with E-state index in [2.05, 4.69) is 33.8 Å². The van der Waals surface area contributed by atoms with E-state index in [1.807, 2.05) is 56.4 Å². The van der Waals surface area contributed by atoms with Crippen LogP contribution in [-0.4, -0.2) is 43.3 Å². The van der Waals surface area contributed by atoms with Crippen LogP contribution in [0.4, 0.5) is 5.69 Å². The smallest absolute Gasteiger partial charge is 0.251 e. The minimum Gasteiger partial charge on any atom is -0.457 e. The molecular formula is C26H27N5O2. The van der Waals surface area contributed by atoms with Gasteiger partial charge in [0.25, 0.3) is 5.91 Å². The molecule has 0 radical (unpaired) electrons. The number of nitrogens with one attached hydrogen (secondary N) is 4. The molecule has 168 valence electrons. The van der Waals surface area contributed by atoms with Gasteiger partial charge in [-0.25, -0.2) is 0 Å². The largest absolute Gasteiger partial charge is 0.457 e. The molecule has 1 saturated heterocycles. The summed E-state index contributed by atoms with van der Waals surface area (Å²) < 4.78 is 6.01. The molecule has 3 aromatic rings. The molecule has 1 aromatic heterocycles. The third-order valence-electron chi connectivity index (χ3n) is 5.30. The highest BCUT2D eigenvalue weighted by Crippen LogP contribution is 2.29. The van der Waals surface area contributed by atoms with Gasteiger partial charge in [0.15, 0.2) is 0 Å². The Hall–Kier alpha value is -4.15. The highest BCUT2D eigenvalue weighted by Gasteiger charge is 2.20. The van der Waals surface area contributed by atoms with Crippen LogP contribution in [0.3, 0.4) is 0 Å². The van der Waals surface area contributed by atoms with Crippen molar-refractivity contribution in [1.29, 1.82) is 5.41 Å². The number of benzene rings is 2. The van der Waals surface area contributed by atoms with Gasteiger partial charge in [-0.15, -0.1) is 12.8 Å². The fourth-order valence-electron chi connectivity index (χ4n) is 3.44. The number of terminal acetylenes is 1. The van der Waals surface area contributed by atoms with Crippen LogP contribution in [0, 0.1) is 25.2 Å². The van der Waals surface area contributed by atoms with Crippen LogP contribution in [0.25, 0.3) is 11.3 Å². The molecule has 1 amide bonds. The first kappa shape index (κ1) is 23.5. The molecule has 0 saturated carbocycles. The summed E-state index contributed by atoms with van der Waals surface area (Å²) in [5.41, 5.74) is 4.87. The standard InChI is InChI=1S/C24H25N5O2.C2H2/c1-15-9-16(4-6-21(15)24(30)29-18-13-27-14-18)23-11-20(7-8-28-23)31-19-5-3-17(12-25)22(10-19)26-2;1-2/h3-12,18,25-27H,13-14H2,1-2H3,(H,29,30);1-2H. The van der Waals surface area contributed by atoms with E-state index in [1.54, 1.807) is 12.3 Å². The third kappa shape index (κ3) is 5.56. The van der Waals surface area contributed by atoms with Crippen molar-refractivity contribution >= 4 is 17.8 Å². The van der Waals surface area contributed by atoms with Gasteiger partial charge < -0.3 is 26.1 Å². The van der Waals surface area contributed by atoms with Crippen molar-refractivity contribution in [2.45, 2.75) is 13.0 Å². The number of anilines is 1. The number of carbonyl (C=O) groups is 1. The Bertz CT molecular complexity index is 1170. The Morgan fingerprint density at radius 3 is 2.55 bits per heavy atom. The van der Waals surface area contributed by atoms with Crippen molar-refractivity contribution in [2.75, 3.05) is 25.5 Å². The van der Waals surface area contributed by atoms with Crippen molar-refractivity contribution in [2.24, 2.45) is 0 Å². The van der Waals surface area contributed by atoms with Crippen molar-refractivity contribution in [1.82, 2.24) is 15.6 Å².